The molecule has 1 N–H and O–H groups in total. The van der Waals surface area contributed by atoms with E-state index in [4.69, 9.17) is 4.74 Å². The number of H-pyrrole nitrogens is 1. The molecule has 6 heteroatoms. The number of amides is 1. The van der Waals surface area contributed by atoms with Crippen molar-refractivity contribution in [1.29, 1.82) is 0 Å². The number of benzene rings is 2. The molecule has 0 aliphatic rings. The topological polar surface area (TPSA) is 79.5 Å². The van der Waals surface area contributed by atoms with Gasteiger partial charge in [-0.2, -0.15) is 0 Å². The van der Waals surface area contributed by atoms with Crippen LogP contribution >= 0.6 is 0 Å². The third-order valence-electron chi connectivity index (χ3n) is 3.97. The van der Waals surface area contributed by atoms with Gasteiger partial charge in [-0.1, -0.05) is 48.5 Å². The monoisotopic (exact) mass is 350 g/mol. The lowest BCUT2D eigenvalue weighted by molar-refractivity contribution is -0.138. The molecular weight excluding hydrogens is 332 g/mol. The number of ether oxygens (including phenoxy) is 1. The average molecular weight is 350 g/mol. The molecule has 0 saturated heterocycles. The van der Waals surface area contributed by atoms with E-state index in [1.807, 2.05) is 6.07 Å². The van der Waals surface area contributed by atoms with Crippen LogP contribution in [-0.2, 0) is 9.53 Å². The summed E-state index contributed by atoms with van der Waals surface area (Å²) in [6.45, 7) is 0. The SMILES string of the molecule is CN(C)C(=O)C(OC(=O)c1cc2ccccc2c(=O)[nH]1)c1ccccc1. The number of aromatic amines is 1. The molecule has 0 spiro atoms. The normalized spacial score (nSPS) is 11.8. The average Bonchev–Trinajstić information content (AvgIpc) is 2.66. The summed E-state index contributed by atoms with van der Waals surface area (Å²) in [5, 5.41) is 1.10. The Morgan fingerprint density at radius 3 is 2.35 bits per heavy atom. The summed E-state index contributed by atoms with van der Waals surface area (Å²) in [5.41, 5.74) is 0.175. The van der Waals surface area contributed by atoms with Crippen LogP contribution in [0.25, 0.3) is 10.8 Å². The Hall–Kier alpha value is -3.41. The van der Waals surface area contributed by atoms with E-state index >= 15 is 0 Å². The van der Waals surface area contributed by atoms with Crippen molar-refractivity contribution in [3.8, 4) is 0 Å². The van der Waals surface area contributed by atoms with Gasteiger partial charge in [-0.05, 0) is 17.5 Å². The van der Waals surface area contributed by atoms with Crippen molar-refractivity contribution in [3.63, 3.8) is 0 Å². The highest BCUT2D eigenvalue weighted by Crippen LogP contribution is 2.21. The summed E-state index contributed by atoms with van der Waals surface area (Å²) in [5.74, 6) is -1.13. The standard InChI is InChI=1S/C20H18N2O4/c1-22(2)19(24)17(13-8-4-3-5-9-13)26-20(25)16-12-14-10-6-7-11-15(14)18(23)21-16/h3-12,17H,1-2H3,(H,21,23). The van der Waals surface area contributed by atoms with Crippen molar-refractivity contribution in [2.75, 3.05) is 14.1 Å². The summed E-state index contributed by atoms with van der Waals surface area (Å²) in [6.07, 6.45) is -1.09. The van der Waals surface area contributed by atoms with Crippen LogP contribution in [0.5, 0.6) is 0 Å². The second kappa shape index (κ2) is 7.23. The molecule has 0 bridgehead atoms. The second-order valence-corrected chi connectivity index (χ2v) is 6.03. The quantitative estimate of drug-likeness (QED) is 0.733. The van der Waals surface area contributed by atoms with E-state index in [0.29, 0.717) is 16.3 Å². The number of nitrogens with one attached hydrogen (secondary N) is 1. The fraction of sp³-hybridized carbons (Fsp3) is 0.150. The van der Waals surface area contributed by atoms with Gasteiger partial charge < -0.3 is 14.6 Å². The molecule has 1 atom stereocenters. The molecule has 1 heterocycles. The Kier molecular flexibility index (Phi) is 4.84. The minimum atomic E-state index is -1.09. The van der Waals surface area contributed by atoms with E-state index in [9.17, 15) is 14.4 Å². The number of aromatic nitrogens is 1. The highest BCUT2D eigenvalue weighted by molar-refractivity contribution is 5.94. The molecule has 3 aromatic rings. The van der Waals surface area contributed by atoms with E-state index in [1.165, 1.54) is 4.90 Å². The molecule has 0 aliphatic carbocycles. The van der Waals surface area contributed by atoms with E-state index in [1.54, 1.807) is 68.7 Å². The summed E-state index contributed by atoms with van der Waals surface area (Å²) < 4.78 is 5.45. The van der Waals surface area contributed by atoms with Gasteiger partial charge in [0.15, 0.2) is 0 Å². The Balaban J connectivity index is 1.95. The fourth-order valence-corrected chi connectivity index (χ4v) is 2.61. The van der Waals surface area contributed by atoms with Gasteiger partial charge in [-0.3, -0.25) is 9.59 Å². The molecule has 3 rings (SSSR count). The number of hydrogen-bond donors (Lipinski definition) is 1. The maximum absolute atomic E-state index is 12.6. The van der Waals surface area contributed by atoms with Gasteiger partial charge in [-0.25, -0.2) is 4.79 Å². The summed E-state index contributed by atoms with van der Waals surface area (Å²) in [6, 6.07) is 17.2. The van der Waals surface area contributed by atoms with Crippen LogP contribution in [-0.4, -0.2) is 35.9 Å². The first-order valence-electron chi connectivity index (χ1n) is 8.06. The molecule has 0 radical (unpaired) electrons. The van der Waals surface area contributed by atoms with E-state index in [0.717, 1.165) is 0 Å². The van der Waals surface area contributed by atoms with Gasteiger partial charge in [0.1, 0.15) is 5.69 Å². The molecule has 1 unspecified atom stereocenters. The highest BCUT2D eigenvalue weighted by Gasteiger charge is 2.27. The van der Waals surface area contributed by atoms with Crippen LogP contribution in [0, 0.1) is 0 Å². The lowest BCUT2D eigenvalue weighted by Gasteiger charge is -2.21. The zero-order valence-corrected chi connectivity index (χ0v) is 14.4. The van der Waals surface area contributed by atoms with Crippen molar-refractivity contribution < 1.29 is 14.3 Å². The van der Waals surface area contributed by atoms with Crippen LogP contribution in [0.3, 0.4) is 0 Å². The van der Waals surface area contributed by atoms with Crippen molar-refractivity contribution in [2.45, 2.75) is 6.10 Å². The Bertz CT molecular complexity index is 1010. The molecule has 26 heavy (non-hydrogen) atoms. The van der Waals surface area contributed by atoms with Crippen LogP contribution in [0.2, 0.25) is 0 Å². The summed E-state index contributed by atoms with van der Waals surface area (Å²) >= 11 is 0. The fourth-order valence-electron chi connectivity index (χ4n) is 2.61. The molecule has 132 valence electrons. The maximum atomic E-state index is 12.6. The molecule has 0 saturated carbocycles. The number of likely N-dealkylation sites (N-methyl/N-ethyl adjacent to an activating group) is 1. The van der Waals surface area contributed by atoms with E-state index in [-0.39, 0.29) is 17.2 Å². The van der Waals surface area contributed by atoms with Crippen molar-refractivity contribution in [2.24, 2.45) is 0 Å². The predicted molar refractivity (Wildman–Crippen MR) is 97.9 cm³/mol. The third kappa shape index (κ3) is 3.49. The number of carbonyl (C=O) groups excluding carboxylic acids is 2. The molecule has 1 aromatic heterocycles. The molecule has 2 aromatic carbocycles. The molecule has 0 fully saturated rings. The van der Waals surface area contributed by atoms with Gasteiger partial charge in [0.25, 0.3) is 11.5 Å². The van der Waals surface area contributed by atoms with Gasteiger partial charge in [-0.15, -0.1) is 0 Å². The molecule has 6 nitrogen and oxygen atoms in total. The number of carbonyl (C=O) groups is 2. The molecule has 1 amide bonds. The van der Waals surface area contributed by atoms with Gasteiger partial charge in [0.05, 0.1) is 0 Å². The number of hydrogen-bond acceptors (Lipinski definition) is 4. The third-order valence-corrected chi connectivity index (χ3v) is 3.97. The first kappa shape index (κ1) is 17.4. The van der Waals surface area contributed by atoms with Gasteiger partial charge in [0.2, 0.25) is 6.10 Å². The lowest BCUT2D eigenvalue weighted by atomic mass is 10.1. The van der Waals surface area contributed by atoms with Gasteiger partial charge >= 0.3 is 5.97 Å². The van der Waals surface area contributed by atoms with Gasteiger partial charge in [0, 0.05) is 25.0 Å². The lowest BCUT2D eigenvalue weighted by Crippen LogP contribution is -2.31. The molecular formula is C20H18N2O4. The number of fused-ring (bicyclic) bond motifs is 1. The van der Waals surface area contributed by atoms with Crippen LogP contribution in [0.1, 0.15) is 22.2 Å². The van der Waals surface area contributed by atoms with Crippen LogP contribution in [0.15, 0.2) is 65.5 Å². The number of nitrogens with zero attached hydrogens (tertiary/aromatic N) is 1. The maximum Gasteiger partial charge on any atom is 0.355 e. The van der Waals surface area contributed by atoms with Crippen LogP contribution < -0.4 is 5.56 Å². The van der Waals surface area contributed by atoms with Crippen molar-refractivity contribution >= 4 is 22.6 Å². The van der Waals surface area contributed by atoms with Crippen LogP contribution in [0.4, 0.5) is 0 Å². The minimum absolute atomic E-state index is 0.00110. The summed E-state index contributed by atoms with van der Waals surface area (Å²) in [4.78, 5) is 41.1. The Morgan fingerprint density at radius 1 is 1.00 bits per heavy atom. The predicted octanol–water partition coefficient (Wildman–Crippen LogP) is 2.51. The van der Waals surface area contributed by atoms with E-state index in [2.05, 4.69) is 4.98 Å². The van der Waals surface area contributed by atoms with Crippen molar-refractivity contribution in [3.05, 3.63) is 82.3 Å². The number of pyridine rings is 1. The largest absolute Gasteiger partial charge is 0.443 e. The summed E-state index contributed by atoms with van der Waals surface area (Å²) in [7, 11) is 3.17. The number of esters is 1. The first-order valence-corrected chi connectivity index (χ1v) is 8.06. The smallest absolute Gasteiger partial charge is 0.355 e. The zero-order valence-electron chi connectivity index (χ0n) is 14.4. The number of rotatable bonds is 4. The highest BCUT2D eigenvalue weighted by atomic mass is 16.5. The van der Waals surface area contributed by atoms with E-state index < -0.39 is 12.1 Å². The Labute approximate surface area is 150 Å². The Morgan fingerprint density at radius 2 is 1.65 bits per heavy atom. The first-order chi connectivity index (χ1) is 12.5. The van der Waals surface area contributed by atoms with Crippen molar-refractivity contribution in [1.82, 2.24) is 9.88 Å². The minimum Gasteiger partial charge on any atom is -0.443 e. The molecule has 0 aliphatic heterocycles. The zero-order chi connectivity index (χ0) is 18.7. The second-order valence-electron chi connectivity index (χ2n) is 6.03.